The molecule has 1 atom stereocenters. The summed E-state index contributed by atoms with van der Waals surface area (Å²) in [6.07, 6.45) is 0.139. The number of nitrogens with one attached hydrogen (secondary N) is 1. The van der Waals surface area contributed by atoms with Crippen LogP contribution in [0.25, 0.3) is 0 Å². The van der Waals surface area contributed by atoms with Crippen LogP contribution >= 0.6 is 0 Å². The van der Waals surface area contributed by atoms with Gasteiger partial charge in [0.1, 0.15) is 5.75 Å². The first-order chi connectivity index (χ1) is 11.9. The summed E-state index contributed by atoms with van der Waals surface area (Å²) in [5.74, 6) is -0.164. The normalized spacial score (nSPS) is 11.8. The molecule has 5 heteroatoms. The molecule has 5 nitrogen and oxygen atoms in total. The first-order valence-corrected chi connectivity index (χ1v) is 8.16. The van der Waals surface area contributed by atoms with Gasteiger partial charge in [0.05, 0.1) is 25.1 Å². The molecule has 0 saturated heterocycles. The second-order valence-corrected chi connectivity index (χ2v) is 6.24. The number of ether oxygens (including phenoxy) is 1. The highest BCUT2D eigenvalue weighted by atomic mass is 16.5. The average Bonchev–Trinajstić information content (AvgIpc) is 2.60. The van der Waals surface area contributed by atoms with Crippen LogP contribution in [-0.2, 0) is 11.2 Å². The Labute approximate surface area is 147 Å². The summed E-state index contributed by atoms with van der Waals surface area (Å²) in [6, 6.07) is 13.9. The van der Waals surface area contributed by atoms with Crippen molar-refractivity contribution in [3.63, 3.8) is 0 Å². The molecule has 0 aliphatic rings. The third kappa shape index (κ3) is 5.08. The summed E-state index contributed by atoms with van der Waals surface area (Å²) >= 11 is 0. The minimum Gasteiger partial charge on any atom is -0.497 e. The van der Waals surface area contributed by atoms with E-state index in [9.17, 15) is 9.59 Å². The Hall–Kier alpha value is -2.82. The van der Waals surface area contributed by atoms with Gasteiger partial charge in [-0.1, -0.05) is 38.1 Å². The molecule has 0 aliphatic heterocycles. The van der Waals surface area contributed by atoms with E-state index in [1.165, 1.54) is 12.1 Å². The van der Waals surface area contributed by atoms with Crippen LogP contribution in [0.15, 0.2) is 48.5 Å². The van der Waals surface area contributed by atoms with Crippen molar-refractivity contribution in [3.05, 3.63) is 65.2 Å². The molecule has 1 unspecified atom stereocenters. The summed E-state index contributed by atoms with van der Waals surface area (Å²) in [4.78, 5) is 23.5. The molecule has 0 saturated carbocycles. The zero-order valence-electron chi connectivity index (χ0n) is 14.7. The topological polar surface area (TPSA) is 75.6 Å². The number of carboxylic acids is 1. The van der Waals surface area contributed by atoms with Gasteiger partial charge in [0.2, 0.25) is 5.91 Å². The summed E-state index contributed by atoms with van der Waals surface area (Å²) < 4.78 is 5.16. The monoisotopic (exact) mass is 341 g/mol. The summed E-state index contributed by atoms with van der Waals surface area (Å²) in [5, 5.41) is 12.1. The number of carbonyl (C=O) groups excluding carboxylic acids is 1. The Morgan fingerprint density at radius 3 is 2.36 bits per heavy atom. The van der Waals surface area contributed by atoms with Gasteiger partial charge in [-0.25, -0.2) is 4.79 Å². The number of carboxylic acid groups (broad SMARTS) is 1. The lowest BCUT2D eigenvalue weighted by molar-refractivity contribution is -0.121. The maximum Gasteiger partial charge on any atom is 0.335 e. The minimum atomic E-state index is -0.999. The molecule has 0 heterocycles. The first-order valence-electron chi connectivity index (χ1n) is 8.16. The van der Waals surface area contributed by atoms with Crippen molar-refractivity contribution in [2.75, 3.05) is 7.11 Å². The second kappa shape index (κ2) is 8.33. The van der Waals surface area contributed by atoms with E-state index in [2.05, 4.69) is 5.32 Å². The molecular formula is C20H23NO4. The average molecular weight is 341 g/mol. The van der Waals surface area contributed by atoms with Crippen LogP contribution in [0.3, 0.4) is 0 Å². The van der Waals surface area contributed by atoms with Crippen LogP contribution in [0, 0.1) is 5.92 Å². The number of aromatic carboxylic acids is 1. The zero-order valence-corrected chi connectivity index (χ0v) is 14.7. The largest absolute Gasteiger partial charge is 0.497 e. The van der Waals surface area contributed by atoms with Crippen LogP contribution in [0.4, 0.5) is 0 Å². The molecule has 0 aromatic heterocycles. The highest BCUT2D eigenvalue weighted by Crippen LogP contribution is 2.24. The van der Waals surface area contributed by atoms with Gasteiger partial charge in [0.25, 0.3) is 0 Å². The van der Waals surface area contributed by atoms with E-state index < -0.39 is 5.97 Å². The van der Waals surface area contributed by atoms with E-state index in [-0.39, 0.29) is 29.9 Å². The van der Waals surface area contributed by atoms with Crippen molar-refractivity contribution in [2.45, 2.75) is 26.3 Å². The van der Waals surface area contributed by atoms with E-state index in [0.717, 1.165) is 11.3 Å². The van der Waals surface area contributed by atoms with Gasteiger partial charge in [-0.05, 0) is 41.3 Å². The van der Waals surface area contributed by atoms with Gasteiger partial charge in [-0.3, -0.25) is 4.79 Å². The minimum absolute atomic E-state index is 0.124. The fraction of sp³-hybridized carbons (Fsp3) is 0.300. The molecule has 25 heavy (non-hydrogen) atoms. The van der Waals surface area contributed by atoms with Gasteiger partial charge < -0.3 is 15.2 Å². The second-order valence-electron chi connectivity index (χ2n) is 6.24. The van der Waals surface area contributed by atoms with E-state index in [0.29, 0.717) is 5.56 Å². The van der Waals surface area contributed by atoms with Gasteiger partial charge >= 0.3 is 5.97 Å². The number of methoxy groups -OCH3 is 1. The number of hydrogen-bond donors (Lipinski definition) is 2. The molecule has 2 aromatic carbocycles. The number of hydrogen-bond acceptors (Lipinski definition) is 3. The highest BCUT2D eigenvalue weighted by molar-refractivity contribution is 5.88. The molecule has 1 amide bonds. The summed E-state index contributed by atoms with van der Waals surface area (Å²) in [7, 11) is 1.61. The van der Waals surface area contributed by atoms with Crippen molar-refractivity contribution in [1.29, 1.82) is 0 Å². The van der Waals surface area contributed by atoms with Gasteiger partial charge in [-0.15, -0.1) is 0 Å². The van der Waals surface area contributed by atoms with Crippen LogP contribution < -0.4 is 10.1 Å². The summed E-state index contributed by atoms with van der Waals surface area (Å²) in [5.41, 5.74) is 1.86. The van der Waals surface area contributed by atoms with Crippen molar-refractivity contribution < 1.29 is 19.4 Å². The lowest BCUT2D eigenvalue weighted by Crippen LogP contribution is -2.32. The van der Waals surface area contributed by atoms with Crippen molar-refractivity contribution >= 4 is 11.9 Å². The summed E-state index contributed by atoms with van der Waals surface area (Å²) in [6.45, 7) is 4.08. The molecular weight excluding hydrogens is 318 g/mol. The number of carbonyl (C=O) groups is 2. The maximum absolute atomic E-state index is 12.4. The smallest absolute Gasteiger partial charge is 0.335 e. The number of amides is 1. The molecule has 132 valence electrons. The van der Waals surface area contributed by atoms with Crippen LogP contribution in [0.1, 0.15) is 41.4 Å². The van der Waals surface area contributed by atoms with Crippen LogP contribution in [0.2, 0.25) is 0 Å². The van der Waals surface area contributed by atoms with Crippen LogP contribution in [-0.4, -0.2) is 24.1 Å². The van der Waals surface area contributed by atoms with Crippen molar-refractivity contribution in [2.24, 2.45) is 5.92 Å². The van der Waals surface area contributed by atoms with Crippen LogP contribution in [0.5, 0.6) is 5.75 Å². The first kappa shape index (κ1) is 18.5. The Balaban J connectivity index is 2.09. The fourth-order valence-corrected chi connectivity index (χ4v) is 2.67. The zero-order chi connectivity index (χ0) is 18.4. The quantitative estimate of drug-likeness (QED) is 0.809. The fourth-order valence-electron chi connectivity index (χ4n) is 2.67. The molecule has 0 spiro atoms. The predicted octanol–water partition coefficient (Wildman–Crippen LogP) is 3.45. The molecule has 2 rings (SSSR count). The number of rotatable bonds is 7. The van der Waals surface area contributed by atoms with Crippen molar-refractivity contribution in [3.8, 4) is 5.75 Å². The Kier molecular flexibility index (Phi) is 6.17. The maximum atomic E-state index is 12.4. The Morgan fingerprint density at radius 2 is 1.80 bits per heavy atom. The molecule has 0 fully saturated rings. The van der Waals surface area contributed by atoms with E-state index in [1.807, 2.05) is 38.1 Å². The van der Waals surface area contributed by atoms with E-state index in [1.54, 1.807) is 19.2 Å². The standard InChI is InChI=1S/C20H23NO4/c1-13(2)19(15-7-9-17(25-3)10-8-15)21-18(22)12-14-5-4-6-16(11-14)20(23)24/h4-11,13,19H,12H2,1-3H3,(H,21,22)(H,23,24). The molecule has 0 aliphatic carbocycles. The highest BCUT2D eigenvalue weighted by Gasteiger charge is 2.19. The Morgan fingerprint density at radius 1 is 1.12 bits per heavy atom. The third-order valence-electron chi connectivity index (χ3n) is 4.00. The lowest BCUT2D eigenvalue weighted by atomic mass is 9.95. The van der Waals surface area contributed by atoms with Crippen molar-refractivity contribution in [1.82, 2.24) is 5.32 Å². The lowest BCUT2D eigenvalue weighted by Gasteiger charge is -2.23. The molecule has 0 bridgehead atoms. The van der Waals surface area contributed by atoms with Gasteiger partial charge in [0.15, 0.2) is 0 Å². The Bertz CT molecular complexity index is 738. The molecule has 2 aromatic rings. The van der Waals surface area contributed by atoms with Gasteiger partial charge in [0, 0.05) is 0 Å². The number of benzene rings is 2. The SMILES string of the molecule is COc1ccc(C(NC(=O)Cc2cccc(C(=O)O)c2)C(C)C)cc1. The van der Waals surface area contributed by atoms with E-state index >= 15 is 0 Å². The van der Waals surface area contributed by atoms with E-state index in [4.69, 9.17) is 9.84 Å². The molecule has 2 N–H and O–H groups in total. The predicted molar refractivity (Wildman–Crippen MR) is 95.8 cm³/mol. The third-order valence-corrected chi connectivity index (χ3v) is 4.00. The molecule has 0 radical (unpaired) electrons. The van der Waals surface area contributed by atoms with Gasteiger partial charge in [-0.2, -0.15) is 0 Å².